The van der Waals surface area contributed by atoms with Crippen molar-refractivity contribution in [3.63, 3.8) is 0 Å². The zero-order chi connectivity index (χ0) is 19.6. The van der Waals surface area contributed by atoms with Gasteiger partial charge in [0.15, 0.2) is 10.8 Å². The summed E-state index contributed by atoms with van der Waals surface area (Å²) in [7, 11) is -0.653. The molecule has 1 amide bonds. The highest BCUT2D eigenvalue weighted by Gasteiger charge is 2.21. The Hall–Kier alpha value is -2.37. The molecule has 3 aromatic rings. The second kappa shape index (κ2) is 7.71. The minimum absolute atomic E-state index is 0.122. The lowest BCUT2D eigenvalue weighted by molar-refractivity contribution is -0.120. The van der Waals surface area contributed by atoms with Crippen molar-refractivity contribution in [2.75, 3.05) is 14.1 Å². The lowest BCUT2D eigenvalue weighted by Gasteiger charge is -2.12. The third kappa shape index (κ3) is 4.15. The Morgan fingerprint density at radius 2 is 2.11 bits per heavy atom. The van der Waals surface area contributed by atoms with Crippen LogP contribution in [-0.2, 0) is 21.4 Å². The standard InChI is InChI=1S/C16H19N5O4S2/c1-11(15(22)17-9-12-5-4-8-25-12)26-16-19-18-14-7-6-13(10-21(14)16)27(23,24)20(2)3/h4-8,10-11H,9H2,1-3H3,(H,17,22)/t11-/m0/s1. The molecule has 9 nitrogen and oxygen atoms in total. The molecule has 1 atom stereocenters. The topological polar surface area (TPSA) is 110 Å². The van der Waals surface area contributed by atoms with E-state index in [0.29, 0.717) is 23.1 Å². The fourth-order valence-electron chi connectivity index (χ4n) is 2.24. The first-order chi connectivity index (χ1) is 12.8. The molecular formula is C16H19N5O4S2. The maximum absolute atomic E-state index is 12.3. The minimum Gasteiger partial charge on any atom is -0.467 e. The van der Waals surface area contributed by atoms with Gasteiger partial charge < -0.3 is 9.73 Å². The second-order valence-corrected chi connectivity index (χ2v) is 9.38. The van der Waals surface area contributed by atoms with Crippen molar-refractivity contribution in [1.82, 2.24) is 24.2 Å². The van der Waals surface area contributed by atoms with Crippen molar-refractivity contribution in [3.05, 3.63) is 42.5 Å². The fourth-order valence-corrected chi connectivity index (χ4v) is 3.99. The summed E-state index contributed by atoms with van der Waals surface area (Å²) in [6, 6.07) is 6.58. The summed E-state index contributed by atoms with van der Waals surface area (Å²) in [6.45, 7) is 2.03. The lowest BCUT2D eigenvalue weighted by Crippen LogP contribution is -2.30. The summed E-state index contributed by atoms with van der Waals surface area (Å²) >= 11 is 1.19. The van der Waals surface area contributed by atoms with Gasteiger partial charge in [0.2, 0.25) is 15.9 Å². The number of hydrogen-bond acceptors (Lipinski definition) is 7. The van der Waals surface area contributed by atoms with Gasteiger partial charge in [0.1, 0.15) is 5.76 Å². The predicted octanol–water partition coefficient (Wildman–Crippen LogP) is 1.37. The Bertz CT molecular complexity index is 1040. The first-order valence-electron chi connectivity index (χ1n) is 8.03. The smallest absolute Gasteiger partial charge is 0.244 e. The van der Waals surface area contributed by atoms with Crippen LogP contribution in [0.25, 0.3) is 5.65 Å². The van der Waals surface area contributed by atoms with Gasteiger partial charge in [-0.05, 0) is 31.2 Å². The summed E-state index contributed by atoms with van der Waals surface area (Å²) in [6.07, 6.45) is 3.00. The normalized spacial score (nSPS) is 13.2. The number of amides is 1. The SMILES string of the molecule is C[C@H](Sc1nnc2ccc(S(=O)(=O)N(C)C)cn12)C(=O)NCc1ccco1. The molecule has 0 aliphatic carbocycles. The number of fused-ring (bicyclic) bond motifs is 1. The molecule has 3 aromatic heterocycles. The van der Waals surface area contributed by atoms with Crippen LogP contribution in [0, 0.1) is 0 Å². The number of hydrogen-bond donors (Lipinski definition) is 1. The van der Waals surface area contributed by atoms with Gasteiger partial charge in [-0.25, -0.2) is 12.7 Å². The van der Waals surface area contributed by atoms with Gasteiger partial charge in [0, 0.05) is 20.3 Å². The van der Waals surface area contributed by atoms with Gasteiger partial charge in [-0.15, -0.1) is 10.2 Å². The molecule has 27 heavy (non-hydrogen) atoms. The average molecular weight is 409 g/mol. The minimum atomic E-state index is -3.58. The van der Waals surface area contributed by atoms with Crippen LogP contribution >= 0.6 is 11.8 Å². The van der Waals surface area contributed by atoms with E-state index in [2.05, 4.69) is 15.5 Å². The molecule has 0 bridgehead atoms. The Balaban J connectivity index is 1.77. The number of nitrogens with zero attached hydrogens (tertiary/aromatic N) is 4. The Labute approximate surface area is 160 Å². The van der Waals surface area contributed by atoms with Crippen LogP contribution in [-0.4, -0.2) is 52.6 Å². The van der Waals surface area contributed by atoms with Gasteiger partial charge in [-0.3, -0.25) is 9.20 Å². The molecule has 0 spiro atoms. The van der Waals surface area contributed by atoms with E-state index in [0.717, 1.165) is 4.31 Å². The van der Waals surface area contributed by atoms with Crippen molar-refractivity contribution in [2.24, 2.45) is 0 Å². The zero-order valence-corrected chi connectivity index (χ0v) is 16.6. The van der Waals surface area contributed by atoms with E-state index in [4.69, 9.17) is 4.42 Å². The monoisotopic (exact) mass is 409 g/mol. The van der Waals surface area contributed by atoms with Gasteiger partial charge in [0.25, 0.3) is 0 Å². The molecular weight excluding hydrogens is 390 g/mol. The molecule has 1 N–H and O–H groups in total. The number of thioether (sulfide) groups is 1. The largest absolute Gasteiger partial charge is 0.467 e. The summed E-state index contributed by atoms with van der Waals surface area (Å²) in [5.74, 6) is 0.470. The van der Waals surface area contributed by atoms with Crippen molar-refractivity contribution < 1.29 is 17.6 Å². The van der Waals surface area contributed by atoms with Crippen LogP contribution < -0.4 is 5.32 Å². The molecule has 0 saturated carbocycles. The average Bonchev–Trinajstić information content (AvgIpc) is 3.29. The number of aromatic nitrogens is 3. The second-order valence-electron chi connectivity index (χ2n) is 5.92. The number of furan rings is 1. The highest BCUT2D eigenvalue weighted by molar-refractivity contribution is 8.00. The van der Waals surface area contributed by atoms with Crippen molar-refractivity contribution >= 4 is 33.3 Å². The molecule has 144 valence electrons. The van der Waals surface area contributed by atoms with Crippen LogP contribution in [0.2, 0.25) is 0 Å². The van der Waals surface area contributed by atoms with E-state index >= 15 is 0 Å². The molecule has 0 aliphatic rings. The molecule has 3 rings (SSSR count). The predicted molar refractivity (Wildman–Crippen MR) is 99.7 cm³/mol. The molecule has 0 radical (unpaired) electrons. The zero-order valence-electron chi connectivity index (χ0n) is 15.0. The van der Waals surface area contributed by atoms with Gasteiger partial charge >= 0.3 is 0 Å². The van der Waals surface area contributed by atoms with Gasteiger partial charge in [0.05, 0.1) is 23.0 Å². The highest BCUT2D eigenvalue weighted by atomic mass is 32.2. The number of carbonyl (C=O) groups excluding carboxylic acids is 1. The van der Waals surface area contributed by atoms with Crippen LogP contribution in [0.3, 0.4) is 0 Å². The van der Waals surface area contributed by atoms with Crippen LogP contribution in [0.4, 0.5) is 0 Å². The maximum atomic E-state index is 12.3. The van der Waals surface area contributed by atoms with E-state index in [1.807, 2.05) is 0 Å². The van der Waals surface area contributed by atoms with Crippen molar-refractivity contribution in [1.29, 1.82) is 0 Å². The van der Waals surface area contributed by atoms with Crippen LogP contribution in [0.15, 0.2) is 51.2 Å². The van der Waals surface area contributed by atoms with Gasteiger partial charge in [-0.1, -0.05) is 11.8 Å². The number of carbonyl (C=O) groups is 1. The quantitative estimate of drug-likeness (QED) is 0.587. The Morgan fingerprint density at radius 1 is 1.33 bits per heavy atom. The molecule has 0 fully saturated rings. The fraction of sp³-hybridized carbons (Fsp3) is 0.312. The first kappa shape index (κ1) is 19.4. The molecule has 11 heteroatoms. The van der Waals surface area contributed by atoms with E-state index < -0.39 is 15.3 Å². The summed E-state index contributed by atoms with van der Waals surface area (Å²) < 4.78 is 32.5. The van der Waals surface area contributed by atoms with E-state index in [1.165, 1.54) is 38.1 Å². The summed E-state index contributed by atoms with van der Waals surface area (Å²) in [5, 5.41) is 10.8. The third-order valence-corrected chi connectivity index (χ3v) is 6.65. The molecule has 0 unspecified atom stereocenters. The lowest BCUT2D eigenvalue weighted by atomic mass is 10.4. The van der Waals surface area contributed by atoms with E-state index in [-0.39, 0.29) is 10.8 Å². The number of sulfonamides is 1. The Morgan fingerprint density at radius 3 is 2.78 bits per heavy atom. The summed E-state index contributed by atoms with van der Waals surface area (Å²) in [4.78, 5) is 12.4. The molecule has 3 heterocycles. The number of nitrogens with one attached hydrogen (secondary N) is 1. The third-order valence-electron chi connectivity index (χ3n) is 3.79. The Kier molecular flexibility index (Phi) is 5.53. The van der Waals surface area contributed by atoms with Crippen molar-refractivity contribution in [3.8, 4) is 0 Å². The van der Waals surface area contributed by atoms with E-state index in [1.54, 1.807) is 35.8 Å². The number of pyridine rings is 1. The maximum Gasteiger partial charge on any atom is 0.244 e. The number of rotatable bonds is 7. The van der Waals surface area contributed by atoms with Crippen LogP contribution in [0.1, 0.15) is 12.7 Å². The first-order valence-corrected chi connectivity index (χ1v) is 10.3. The molecule has 0 aliphatic heterocycles. The molecule has 0 saturated heterocycles. The summed E-state index contributed by atoms with van der Waals surface area (Å²) in [5.41, 5.74) is 0.499. The van der Waals surface area contributed by atoms with E-state index in [9.17, 15) is 13.2 Å². The highest BCUT2D eigenvalue weighted by Crippen LogP contribution is 2.24. The van der Waals surface area contributed by atoms with Crippen LogP contribution in [0.5, 0.6) is 0 Å². The van der Waals surface area contributed by atoms with Crippen molar-refractivity contribution in [2.45, 2.75) is 28.8 Å². The molecule has 0 aromatic carbocycles. The van der Waals surface area contributed by atoms with Gasteiger partial charge in [-0.2, -0.15) is 0 Å².